The molecule has 0 fully saturated rings. The normalized spacial score (nSPS) is 10.5. The molecule has 0 amide bonds. The van der Waals surface area contributed by atoms with Crippen LogP contribution in [0.5, 0.6) is 5.75 Å². The number of nitrogens with zero attached hydrogens (tertiary/aromatic N) is 2. The first-order valence-electron chi connectivity index (χ1n) is 4.98. The molecular formula is C11H13FN4O. The Bertz CT molecular complexity index is 565. The van der Waals surface area contributed by atoms with Crippen molar-refractivity contribution in [3.8, 4) is 17.0 Å². The van der Waals surface area contributed by atoms with Crippen LogP contribution in [0.1, 0.15) is 5.82 Å². The molecule has 2 aromatic rings. The number of aromatic nitrogens is 2. The van der Waals surface area contributed by atoms with Gasteiger partial charge in [-0.25, -0.2) is 14.1 Å². The molecule has 0 spiro atoms. The summed E-state index contributed by atoms with van der Waals surface area (Å²) in [7, 11) is 1.41. The van der Waals surface area contributed by atoms with Crippen molar-refractivity contribution in [2.45, 2.75) is 6.92 Å². The average Bonchev–Trinajstić information content (AvgIpc) is 2.57. The molecule has 17 heavy (non-hydrogen) atoms. The van der Waals surface area contributed by atoms with Gasteiger partial charge in [-0.1, -0.05) is 0 Å². The van der Waals surface area contributed by atoms with Crippen molar-refractivity contribution in [3.63, 3.8) is 0 Å². The maximum Gasteiger partial charge on any atom is 0.165 e. The molecule has 0 unspecified atom stereocenters. The van der Waals surface area contributed by atoms with Gasteiger partial charge in [0.05, 0.1) is 7.11 Å². The Morgan fingerprint density at radius 2 is 2.12 bits per heavy atom. The molecule has 0 bridgehead atoms. The largest absolute Gasteiger partial charge is 0.494 e. The molecule has 0 radical (unpaired) electrons. The molecule has 0 saturated heterocycles. The van der Waals surface area contributed by atoms with E-state index in [1.165, 1.54) is 23.9 Å². The third-order valence-corrected chi connectivity index (χ3v) is 2.55. The highest BCUT2D eigenvalue weighted by molar-refractivity contribution is 5.71. The summed E-state index contributed by atoms with van der Waals surface area (Å²) in [6.07, 6.45) is 0. The first-order valence-corrected chi connectivity index (χ1v) is 4.98. The van der Waals surface area contributed by atoms with Crippen LogP contribution in [0.3, 0.4) is 0 Å². The monoisotopic (exact) mass is 236 g/mol. The second-order valence-corrected chi connectivity index (χ2v) is 3.61. The summed E-state index contributed by atoms with van der Waals surface area (Å²) in [5.41, 5.74) is 6.81. The Morgan fingerprint density at radius 3 is 2.59 bits per heavy atom. The number of rotatable bonds is 2. The van der Waals surface area contributed by atoms with E-state index in [1.807, 2.05) is 0 Å². The van der Waals surface area contributed by atoms with Gasteiger partial charge in [-0.05, 0) is 25.1 Å². The fourth-order valence-corrected chi connectivity index (χ4v) is 1.59. The summed E-state index contributed by atoms with van der Waals surface area (Å²) in [4.78, 5) is 4.18. The number of hydrogen-bond acceptors (Lipinski definition) is 4. The number of hydrogen-bond donors (Lipinski definition) is 2. The molecule has 0 aliphatic rings. The molecular weight excluding hydrogens is 223 g/mol. The van der Waals surface area contributed by atoms with Crippen LogP contribution >= 0.6 is 0 Å². The predicted molar refractivity (Wildman–Crippen MR) is 63.5 cm³/mol. The lowest BCUT2D eigenvalue weighted by atomic mass is 10.1. The molecule has 0 aliphatic carbocycles. The van der Waals surface area contributed by atoms with Gasteiger partial charge < -0.3 is 16.3 Å². The maximum atomic E-state index is 13.5. The highest BCUT2D eigenvalue weighted by Gasteiger charge is 2.13. The second-order valence-electron chi connectivity index (χ2n) is 3.61. The average molecular weight is 236 g/mol. The second kappa shape index (κ2) is 3.97. The third-order valence-electron chi connectivity index (χ3n) is 2.55. The van der Waals surface area contributed by atoms with E-state index >= 15 is 0 Å². The van der Waals surface area contributed by atoms with Crippen molar-refractivity contribution in [3.05, 3.63) is 29.8 Å². The summed E-state index contributed by atoms with van der Waals surface area (Å²) in [6.45, 7) is 1.72. The number of methoxy groups -OCH3 is 1. The molecule has 1 heterocycles. The topological polar surface area (TPSA) is 79.1 Å². The van der Waals surface area contributed by atoms with Gasteiger partial charge in [0.25, 0.3) is 0 Å². The van der Waals surface area contributed by atoms with Crippen molar-refractivity contribution in [2.75, 3.05) is 18.7 Å². The minimum absolute atomic E-state index is 0.177. The van der Waals surface area contributed by atoms with E-state index in [0.717, 1.165) is 0 Å². The fourth-order valence-electron chi connectivity index (χ4n) is 1.59. The van der Waals surface area contributed by atoms with Crippen molar-refractivity contribution >= 4 is 5.82 Å². The van der Waals surface area contributed by atoms with E-state index in [2.05, 4.69) is 4.98 Å². The number of imidazole rings is 1. The van der Waals surface area contributed by atoms with Crippen LogP contribution in [0.2, 0.25) is 0 Å². The van der Waals surface area contributed by atoms with Crippen molar-refractivity contribution in [1.82, 2.24) is 9.66 Å². The van der Waals surface area contributed by atoms with Gasteiger partial charge in [0.15, 0.2) is 17.4 Å². The third kappa shape index (κ3) is 1.77. The number of benzene rings is 1. The molecule has 0 aliphatic heterocycles. The quantitative estimate of drug-likeness (QED) is 0.770. The van der Waals surface area contributed by atoms with Crippen molar-refractivity contribution in [1.29, 1.82) is 0 Å². The van der Waals surface area contributed by atoms with E-state index in [1.54, 1.807) is 13.0 Å². The van der Waals surface area contributed by atoms with Crippen LogP contribution in [0.4, 0.5) is 10.2 Å². The van der Waals surface area contributed by atoms with Crippen molar-refractivity contribution in [2.24, 2.45) is 0 Å². The minimum Gasteiger partial charge on any atom is -0.494 e. The van der Waals surface area contributed by atoms with Gasteiger partial charge >= 0.3 is 0 Å². The molecule has 2 rings (SSSR count). The number of aryl methyl sites for hydroxylation is 1. The van der Waals surface area contributed by atoms with Crippen LogP contribution in [-0.2, 0) is 0 Å². The number of halogens is 1. The summed E-state index contributed by atoms with van der Waals surface area (Å²) < 4.78 is 19.6. The van der Waals surface area contributed by atoms with E-state index in [4.69, 9.17) is 16.3 Å². The Kier molecular flexibility index (Phi) is 2.63. The zero-order valence-electron chi connectivity index (χ0n) is 9.57. The van der Waals surface area contributed by atoms with Gasteiger partial charge in [-0.3, -0.25) is 0 Å². The zero-order chi connectivity index (χ0) is 12.6. The Balaban J connectivity index is 2.53. The van der Waals surface area contributed by atoms with Gasteiger partial charge in [0.1, 0.15) is 11.5 Å². The standard InChI is InChI=1S/C11H13FN4O/c1-6-15-10(11(13)16(6)14)7-3-4-9(17-2)8(12)5-7/h3-5H,13-14H2,1-2H3. The summed E-state index contributed by atoms with van der Waals surface area (Å²) in [5, 5.41) is 0. The molecule has 1 aromatic carbocycles. The first-order chi connectivity index (χ1) is 8.04. The van der Waals surface area contributed by atoms with Crippen LogP contribution < -0.4 is 16.3 Å². The zero-order valence-corrected chi connectivity index (χ0v) is 9.57. The van der Waals surface area contributed by atoms with Crippen LogP contribution in [0.25, 0.3) is 11.3 Å². The van der Waals surface area contributed by atoms with Gasteiger partial charge in [-0.15, -0.1) is 0 Å². The molecule has 0 saturated carbocycles. The van der Waals surface area contributed by atoms with Crippen LogP contribution in [0, 0.1) is 12.7 Å². The summed E-state index contributed by atoms with van der Waals surface area (Å²) >= 11 is 0. The number of anilines is 1. The summed E-state index contributed by atoms with van der Waals surface area (Å²) in [6, 6.07) is 4.52. The van der Waals surface area contributed by atoms with Crippen molar-refractivity contribution < 1.29 is 9.13 Å². The van der Waals surface area contributed by atoms with Crippen LogP contribution in [-0.4, -0.2) is 16.8 Å². The van der Waals surface area contributed by atoms with E-state index < -0.39 is 5.82 Å². The number of nitrogens with two attached hydrogens (primary N) is 2. The number of ether oxygens (including phenoxy) is 1. The maximum absolute atomic E-state index is 13.5. The molecule has 4 N–H and O–H groups in total. The predicted octanol–water partition coefficient (Wildman–Crippen LogP) is 1.30. The molecule has 90 valence electrons. The smallest absolute Gasteiger partial charge is 0.165 e. The molecule has 6 heteroatoms. The highest BCUT2D eigenvalue weighted by Crippen LogP contribution is 2.28. The van der Waals surface area contributed by atoms with E-state index in [-0.39, 0.29) is 5.75 Å². The lowest BCUT2D eigenvalue weighted by molar-refractivity contribution is 0.386. The molecule has 5 nitrogen and oxygen atoms in total. The lowest BCUT2D eigenvalue weighted by Crippen LogP contribution is -2.13. The highest BCUT2D eigenvalue weighted by atomic mass is 19.1. The van der Waals surface area contributed by atoms with Gasteiger partial charge in [0.2, 0.25) is 0 Å². The molecule has 0 atom stereocenters. The SMILES string of the molecule is COc1ccc(-c2nc(C)n(N)c2N)cc1F. The lowest BCUT2D eigenvalue weighted by Gasteiger charge is -2.04. The summed E-state index contributed by atoms with van der Waals surface area (Å²) in [5.74, 6) is 6.22. The Morgan fingerprint density at radius 1 is 1.41 bits per heavy atom. The van der Waals surface area contributed by atoms with Crippen LogP contribution in [0.15, 0.2) is 18.2 Å². The van der Waals surface area contributed by atoms with Gasteiger partial charge in [-0.2, -0.15) is 0 Å². The first kappa shape index (κ1) is 11.3. The van der Waals surface area contributed by atoms with E-state index in [9.17, 15) is 4.39 Å². The van der Waals surface area contributed by atoms with Gasteiger partial charge in [0, 0.05) is 5.56 Å². The Labute approximate surface area is 97.8 Å². The molecule has 1 aromatic heterocycles. The van der Waals surface area contributed by atoms with E-state index in [0.29, 0.717) is 22.9 Å². The fraction of sp³-hybridized carbons (Fsp3) is 0.182. The minimum atomic E-state index is -0.464. The number of nitrogen functional groups attached to an aromatic ring is 2. The Hall–Kier alpha value is -2.24.